The minimum atomic E-state index is -0.409. The number of hydrogen-bond acceptors (Lipinski definition) is 4. The quantitative estimate of drug-likeness (QED) is 0.826. The molecule has 16 heavy (non-hydrogen) atoms. The molecule has 0 radical (unpaired) electrons. The van der Waals surface area contributed by atoms with Crippen molar-refractivity contribution >= 4 is 17.2 Å². The molecular formula is C11H17NO3S. The number of carbonyl (C=O) groups excluding carboxylic acids is 1. The number of nitrogens with one attached hydrogen (secondary N) is 1. The van der Waals surface area contributed by atoms with Crippen molar-refractivity contribution < 1.29 is 14.6 Å². The fourth-order valence-corrected chi connectivity index (χ4v) is 2.17. The maximum atomic E-state index is 11.7. The standard InChI is InChI=1S/C11H17NO3S/c1-7(4-8(2)13)12-11(14)10-5-9(15-3)6-16-10/h5-8,13H,4H2,1-3H3,(H,12,14). The first-order valence-electron chi connectivity index (χ1n) is 5.14. The number of carbonyl (C=O) groups is 1. The van der Waals surface area contributed by atoms with E-state index in [9.17, 15) is 9.90 Å². The molecular weight excluding hydrogens is 226 g/mol. The molecule has 0 aliphatic rings. The summed E-state index contributed by atoms with van der Waals surface area (Å²) in [5.74, 6) is 0.569. The van der Waals surface area contributed by atoms with Gasteiger partial charge >= 0.3 is 0 Å². The SMILES string of the molecule is COc1csc(C(=O)NC(C)CC(C)O)c1. The van der Waals surface area contributed by atoms with E-state index in [1.165, 1.54) is 11.3 Å². The second-order valence-corrected chi connectivity index (χ2v) is 4.72. The first kappa shape index (κ1) is 13.0. The van der Waals surface area contributed by atoms with Crippen LogP contribution in [0.1, 0.15) is 29.9 Å². The molecule has 1 amide bonds. The van der Waals surface area contributed by atoms with Crippen LogP contribution in [-0.2, 0) is 0 Å². The molecule has 2 unspecified atom stereocenters. The summed E-state index contributed by atoms with van der Waals surface area (Å²) in [5.41, 5.74) is 0. The van der Waals surface area contributed by atoms with Crippen molar-refractivity contribution in [2.45, 2.75) is 32.4 Å². The number of methoxy groups -OCH3 is 1. The van der Waals surface area contributed by atoms with Gasteiger partial charge in [-0.2, -0.15) is 0 Å². The molecule has 0 aromatic carbocycles. The summed E-state index contributed by atoms with van der Waals surface area (Å²) in [6, 6.07) is 1.66. The van der Waals surface area contributed by atoms with Gasteiger partial charge in [-0.25, -0.2) is 0 Å². The summed E-state index contributed by atoms with van der Waals surface area (Å²) < 4.78 is 5.00. The van der Waals surface area contributed by atoms with Gasteiger partial charge in [-0.1, -0.05) is 0 Å². The number of amides is 1. The summed E-state index contributed by atoms with van der Waals surface area (Å²) in [5, 5.41) is 13.8. The summed E-state index contributed by atoms with van der Waals surface area (Å²) in [4.78, 5) is 12.3. The lowest BCUT2D eigenvalue weighted by molar-refractivity contribution is 0.0927. The van der Waals surface area contributed by atoms with Gasteiger partial charge < -0.3 is 15.2 Å². The maximum absolute atomic E-state index is 11.7. The Morgan fingerprint density at radius 2 is 2.31 bits per heavy atom. The summed E-state index contributed by atoms with van der Waals surface area (Å²) in [6.07, 6.45) is 0.141. The number of aliphatic hydroxyl groups excluding tert-OH is 1. The van der Waals surface area contributed by atoms with Crippen LogP contribution in [0.25, 0.3) is 0 Å². The Labute approximate surface area is 99.2 Å². The van der Waals surface area contributed by atoms with Crippen LogP contribution in [0.3, 0.4) is 0 Å². The zero-order valence-corrected chi connectivity index (χ0v) is 10.5. The molecule has 4 nitrogen and oxygen atoms in total. The molecule has 0 fully saturated rings. The molecule has 1 heterocycles. The van der Waals surface area contributed by atoms with Gasteiger partial charge in [0.1, 0.15) is 5.75 Å². The second-order valence-electron chi connectivity index (χ2n) is 3.81. The molecule has 1 aromatic rings. The predicted molar refractivity (Wildman–Crippen MR) is 64.1 cm³/mol. The van der Waals surface area contributed by atoms with E-state index in [1.54, 1.807) is 25.5 Å². The molecule has 1 rings (SSSR count). The number of aliphatic hydroxyl groups is 1. The van der Waals surface area contributed by atoms with Crippen molar-refractivity contribution in [1.82, 2.24) is 5.32 Å². The lowest BCUT2D eigenvalue weighted by atomic mass is 10.1. The van der Waals surface area contributed by atoms with E-state index in [2.05, 4.69) is 5.32 Å². The topological polar surface area (TPSA) is 58.6 Å². The van der Waals surface area contributed by atoms with Gasteiger partial charge in [0.05, 0.1) is 18.1 Å². The molecule has 0 saturated carbocycles. The van der Waals surface area contributed by atoms with Crippen LogP contribution in [0.15, 0.2) is 11.4 Å². The highest BCUT2D eigenvalue weighted by atomic mass is 32.1. The van der Waals surface area contributed by atoms with Crippen LogP contribution >= 0.6 is 11.3 Å². The summed E-state index contributed by atoms with van der Waals surface area (Å²) >= 11 is 1.34. The third-order valence-corrected chi connectivity index (χ3v) is 3.01. The molecule has 0 aliphatic heterocycles. The van der Waals surface area contributed by atoms with E-state index >= 15 is 0 Å². The molecule has 0 aliphatic carbocycles. The highest BCUT2D eigenvalue weighted by Crippen LogP contribution is 2.21. The normalized spacial score (nSPS) is 14.2. The van der Waals surface area contributed by atoms with Crippen LogP contribution in [0, 0.1) is 0 Å². The summed E-state index contributed by atoms with van der Waals surface area (Å²) in [6.45, 7) is 3.58. The van der Waals surface area contributed by atoms with Crippen LogP contribution < -0.4 is 10.1 Å². The maximum Gasteiger partial charge on any atom is 0.261 e. The highest BCUT2D eigenvalue weighted by Gasteiger charge is 2.13. The molecule has 5 heteroatoms. The number of rotatable bonds is 5. The van der Waals surface area contributed by atoms with Gasteiger partial charge in [-0.3, -0.25) is 4.79 Å². The van der Waals surface area contributed by atoms with Gasteiger partial charge in [0.2, 0.25) is 0 Å². The lowest BCUT2D eigenvalue weighted by Crippen LogP contribution is -2.34. The molecule has 0 saturated heterocycles. The van der Waals surface area contributed by atoms with Crippen molar-refractivity contribution in [3.63, 3.8) is 0 Å². The van der Waals surface area contributed by atoms with Crippen LogP contribution in [-0.4, -0.2) is 30.3 Å². The van der Waals surface area contributed by atoms with Crippen LogP contribution in [0.2, 0.25) is 0 Å². The van der Waals surface area contributed by atoms with Gasteiger partial charge in [0.25, 0.3) is 5.91 Å². The largest absolute Gasteiger partial charge is 0.496 e. The first-order chi connectivity index (χ1) is 7.52. The fourth-order valence-electron chi connectivity index (χ4n) is 1.41. The molecule has 0 bridgehead atoms. The highest BCUT2D eigenvalue weighted by molar-refractivity contribution is 7.12. The van der Waals surface area contributed by atoms with E-state index in [0.717, 1.165) is 0 Å². The second kappa shape index (κ2) is 5.86. The Bertz CT molecular complexity index is 349. The Hall–Kier alpha value is -1.07. The Morgan fingerprint density at radius 1 is 1.62 bits per heavy atom. The predicted octanol–water partition coefficient (Wildman–Crippen LogP) is 1.65. The van der Waals surface area contributed by atoms with Crippen molar-refractivity contribution in [3.05, 3.63) is 16.3 Å². The first-order valence-corrected chi connectivity index (χ1v) is 6.02. The molecule has 90 valence electrons. The van der Waals surface area contributed by atoms with Crippen molar-refractivity contribution in [2.24, 2.45) is 0 Å². The van der Waals surface area contributed by atoms with Crippen LogP contribution in [0.4, 0.5) is 0 Å². The zero-order chi connectivity index (χ0) is 12.1. The third-order valence-electron chi connectivity index (χ3n) is 2.11. The number of hydrogen-bond donors (Lipinski definition) is 2. The molecule has 2 N–H and O–H groups in total. The summed E-state index contributed by atoms with van der Waals surface area (Å²) in [7, 11) is 1.57. The Balaban J connectivity index is 2.51. The van der Waals surface area contributed by atoms with E-state index in [4.69, 9.17) is 4.74 Å². The molecule has 1 aromatic heterocycles. The smallest absolute Gasteiger partial charge is 0.261 e. The fraction of sp³-hybridized carbons (Fsp3) is 0.545. The van der Waals surface area contributed by atoms with E-state index in [1.807, 2.05) is 6.92 Å². The van der Waals surface area contributed by atoms with Crippen molar-refractivity contribution in [3.8, 4) is 5.75 Å². The molecule has 0 spiro atoms. The minimum Gasteiger partial charge on any atom is -0.496 e. The van der Waals surface area contributed by atoms with E-state index in [-0.39, 0.29) is 11.9 Å². The average molecular weight is 243 g/mol. The number of thiophene rings is 1. The monoisotopic (exact) mass is 243 g/mol. The van der Waals surface area contributed by atoms with Gasteiger partial charge in [-0.15, -0.1) is 11.3 Å². The Morgan fingerprint density at radius 3 is 2.81 bits per heavy atom. The average Bonchev–Trinajstić information content (AvgIpc) is 2.64. The zero-order valence-electron chi connectivity index (χ0n) is 9.69. The third kappa shape index (κ3) is 3.83. The molecule has 2 atom stereocenters. The van der Waals surface area contributed by atoms with Gasteiger partial charge in [-0.05, 0) is 20.3 Å². The van der Waals surface area contributed by atoms with Crippen molar-refractivity contribution in [1.29, 1.82) is 0 Å². The lowest BCUT2D eigenvalue weighted by Gasteiger charge is -2.14. The van der Waals surface area contributed by atoms with Gasteiger partial charge in [0, 0.05) is 17.5 Å². The van der Waals surface area contributed by atoms with Crippen molar-refractivity contribution in [2.75, 3.05) is 7.11 Å². The van der Waals surface area contributed by atoms with Gasteiger partial charge in [0.15, 0.2) is 0 Å². The van der Waals surface area contributed by atoms with E-state index in [0.29, 0.717) is 17.0 Å². The van der Waals surface area contributed by atoms with E-state index < -0.39 is 6.10 Å². The number of ether oxygens (including phenoxy) is 1. The Kier molecular flexibility index (Phi) is 4.76. The minimum absolute atomic E-state index is 0.0411. The van der Waals surface area contributed by atoms with Crippen LogP contribution in [0.5, 0.6) is 5.75 Å².